The molecule has 0 atom stereocenters. The summed E-state index contributed by atoms with van der Waals surface area (Å²) in [4.78, 5) is 0. The number of benzene rings is 1. The summed E-state index contributed by atoms with van der Waals surface area (Å²) in [6.07, 6.45) is 5.32. The number of aryl methyl sites for hydroxylation is 1. The van der Waals surface area contributed by atoms with E-state index in [0.29, 0.717) is 5.54 Å². The van der Waals surface area contributed by atoms with Crippen LogP contribution in [0.2, 0.25) is 0 Å². The van der Waals surface area contributed by atoms with Gasteiger partial charge in [0.1, 0.15) is 0 Å². The minimum absolute atomic E-state index is 0.442. The molecular weight excluding hydrogens is 262 g/mol. The van der Waals surface area contributed by atoms with Crippen LogP contribution < -0.4 is 5.32 Å². The van der Waals surface area contributed by atoms with Gasteiger partial charge in [-0.1, -0.05) is 35.0 Å². The Morgan fingerprint density at radius 1 is 1.38 bits per heavy atom. The summed E-state index contributed by atoms with van der Waals surface area (Å²) in [5.74, 6) is 0. The minimum Gasteiger partial charge on any atom is -0.307 e. The van der Waals surface area contributed by atoms with Gasteiger partial charge in [0.15, 0.2) is 0 Å². The van der Waals surface area contributed by atoms with Gasteiger partial charge in [-0.3, -0.25) is 0 Å². The normalized spacial score (nSPS) is 18.2. The lowest BCUT2D eigenvalue weighted by Gasteiger charge is -2.42. The van der Waals surface area contributed by atoms with Crippen molar-refractivity contribution in [3.8, 4) is 0 Å². The first-order chi connectivity index (χ1) is 7.65. The van der Waals surface area contributed by atoms with Crippen LogP contribution >= 0.6 is 15.9 Å². The van der Waals surface area contributed by atoms with Crippen LogP contribution in [0.25, 0.3) is 0 Å². The highest BCUT2D eigenvalue weighted by Crippen LogP contribution is 2.34. The van der Waals surface area contributed by atoms with Crippen LogP contribution in [-0.2, 0) is 6.54 Å². The summed E-state index contributed by atoms with van der Waals surface area (Å²) in [7, 11) is 0. The summed E-state index contributed by atoms with van der Waals surface area (Å²) >= 11 is 3.59. The van der Waals surface area contributed by atoms with Gasteiger partial charge >= 0.3 is 0 Å². The molecule has 1 nitrogen and oxygen atoms in total. The van der Waals surface area contributed by atoms with Gasteiger partial charge in [0.25, 0.3) is 0 Å². The van der Waals surface area contributed by atoms with Crippen molar-refractivity contribution >= 4 is 15.9 Å². The van der Waals surface area contributed by atoms with Crippen molar-refractivity contribution in [1.82, 2.24) is 5.32 Å². The fourth-order valence-electron chi connectivity index (χ4n) is 2.29. The van der Waals surface area contributed by atoms with Crippen LogP contribution in [0.4, 0.5) is 0 Å². The third-order valence-electron chi connectivity index (χ3n) is 3.89. The van der Waals surface area contributed by atoms with Gasteiger partial charge < -0.3 is 5.32 Å². The Morgan fingerprint density at radius 2 is 2.12 bits per heavy atom. The van der Waals surface area contributed by atoms with E-state index in [1.54, 1.807) is 0 Å². The number of hydrogen-bond acceptors (Lipinski definition) is 1. The molecule has 88 valence electrons. The maximum atomic E-state index is 3.72. The average molecular weight is 282 g/mol. The van der Waals surface area contributed by atoms with Crippen LogP contribution in [0.5, 0.6) is 0 Å². The monoisotopic (exact) mass is 281 g/mol. The van der Waals surface area contributed by atoms with E-state index in [0.717, 1.165) is 6.54 Å². The van der Waals surface area contributed by atoms with Crippen LogP contribution in [0.15, 0.2) is 22.7 Å². The number of halogens is 1. The van der Waals surface area contributed by atoms with Crippen molar-refractivity contribution < 1.29 is 0 Å². The van der Waals surface area contributed by atoms with E-state index in [1.807, 2.05) is 0 Å². The fourth-order valence-corrected chi connectivity index (χ4v) is 2.72. The molecule has 2 heteroatoms. The molecule has 0 heterocycles. The molecule has 0 radical (unpaired) electrons. The molecular formula is C14H20BrN. The Bertz CT molecular complexity index is 363. The van der Waals surface area contributed by atoms with Crippen LogP contribution in [0.1, 0.15) is 43.7 Å². The number of hydrogen-bond donors (Lipinski definition) is 1. The second kappa shape index (κ2) is 4.89. The van der Waals surface area contributed by atoms with Gasteiger partial charge in [-0.05, 0) is 49.8 Å². The Labute approximate surface area is 107 Å². The molecule has 1 aliphatic carbocycles. The first kappa shape index (κ1) is 12.1. The summed E-state index contributed by atoms with van der Waals surface area (Å²) < 4.78 is 1.21. The van der Waals surface area contributed by atoms with Gasteiger partial charge in [-0.15, -0.1) is 0 Å². The lowest BCUT2D eigenvalue weighted by Crippen LogP contribution is -2.49. The van der Waals surface area contributed by atoms with Gasteiger partial charge in [-0.2, -0.15) is 0 Å². The molecule has 2 rings (SSSR count). The predicted molar refractivity (Wildman–Crippen MR) is 72.6 cm³/mol. The van der Waals surface area contributed by atoms with E-state index >= 15 is 0 Å². The second-order valence-electron chi connectivity index (χ2n) is 4.92. The Kier molecular flexibility index (Phi) is 3.70. The van der Waals surface area contributed by atoms with Gasteiger partial charge in [-0.25, -0.2) is 0 Å². The quantitative estimate of drug-likeness (QED) is 0.873. The predicted octanol–water partition coefficient (Wildman–Crippen LogP) is 4.18. The van der Waals surface area contributed by atoms with E-state index in [-0.39, 0.29) is 0 Å². The zero-order chi connectivity index (χ0) is 11.6. The Morgan fingerprint density at radius 3 is 2.62 bits per heavy atom. The third kappa shape index (κ3) is 2.49. The summed E-state index contributed by atoms with van der Waals surface area (Å²) in [6.45, 7) is 5.41. The maximum absolute atomic E-state index is 3.72. The first-order valence-electron chi connectivity index (χ1n) is 6.15. The fraction of sp³-hybridized carbons (Fsp3) is 0.571. The standard InChI is InChI=1S/C14H20BrN/c1-3-14(7-4-8-14)16-10-12-6-5-11(2)13(15)9-12/h5-6,9,16H,3-4,7-8,10H2,1-2H3. The summed E-state index contributed by atoms with van der Waals surface area (Å²) in [5.41, 5.74) is 3.12. The van der Waals surface area contributed by atoms with Crippen molar-refractivity contribution in [3.05, 3.63) is 33.8 Å². The highest BCUT2D eigenvalue weighted by atomic mass is 79.9. The van der Waals surface area contributed by atoms with Crippen molar-refractivity contribution in [2.45, 2.75) is 51.6 Å². The first-order valence-corrected chi connectivity index (χ1v) is 6.94. The van der Waals surface area contributed by atoms with Crippen molar-refractivity contribution in [2.24, 2.45) is 0 Å². The molecule has 1 aromatic rings. The van der Waals surface area contributed by atoms with Crippen LogP contribution in [0, 0.1) is 6.92 Å². The average Bonchev–Trinajstić information content (AvgIpc) is 2.22. The lowest BCUT2D eigenvalue weighted by molar-refractivity contribution is 0.175. The topological polar surface area (TPSA) is 12.0 Å². The van der Waals surface area contributed by atoms with Gasteiger partial charge in [0, 0.05) is 16.6 Å². The third-order valence-corrected chi connectivity index (χ3v) is 4.75. The molecule has 1 saturated carbocycles. The molecule has 16 heavy (non-hydrogen) atoms. The van der Waals surface area contributed by atoms with Crippen molar-refractivity contribution in [2.75, 3.05) is 0 Å². The maximum Gasteiger partial charge on any atom is 0.0211 e. The molecule has 0 aliphatic heterocycles. The molecule has 1 aliphatic rings. The minimum atomic E-state index is 0.442. The van der Waals surface area contributed by atoms with E-state index in [2.05, 4.69) is 53.3 Å². The summed E-state index contributed by atoms with van der Waals surface area (Å²) in [6, 6.07) is 6.62. The molecule has 1 aromatic carbocycles. The zero-order valence-corrected chi connectivity index (χ0v) is 11.7. The van der Waals surface area contributed by atoms with Gasteiger partial charge in [0.05, 0.1) is 0 Å². The number of nitrogens with one attached hydrogen (secondary N) is 1. The Balaban J connectivity index is 1.96. The lowest BCUT2D eigenvalue weighted by atomic mass is 9.75. The largest absolute Gasteiger partial charge is 0.307 e. The molecule has 1 N–H and O–H groups in total. The van der Waals surface area contributed by atoms with Crippen LogP contribution in [0.3, 0.4) is 0 Å². The van der Waals surface area contributed by atoms with E-state index < -0.39 is 0 Å². The zero-order valence-electron chi connectivity index (χ0n) is 10.1. The smallest absolute Gasteiger partial charge is 0.0211 e. The number of rotatable bonds is 4. The van der Waals surface area contributed by atoms with Gasteiger partial charge in [0.2, 0.25) is 0 Å². The molecule has 0 spiro atoms. The van der Waals surface area contributed by atoms with Crippen LogP contribution in [-0.4, -0.2) is 5.54 Å². The Hall–Kier alpha value is -0.340. The molecule has 0 amide bonds. The van der Waals surface area contributed by atoms with E-state index in [9.17, 15) is 0 Å². The molecule has 1 fully saturated rings. The molecule has 0 saturated heterocycles. The van der Waals surface area contributed by atoms with Crippen molar-refractivity contribution in [3.63, 3.8) is 0 Å². The summed E-state index contributed by atoms with van der Waals surface area (Å²) in [5, 5.41) is 3.72. The second-order valence-corrected chi connectivity index (χ2v) is 5.78. The molecule has 0 aromatic heterocycles. The van der Waals surface area contributed by atoms with Crippen molar-refractivity contribution in [1.29, 1.82) is 0 Å². The molecule has 0 bridgehead atoms. The molecule has 0 unspecified atom stereocenters. The SMILES string of the molecule is CCC1(NCc2ccc(C)c(Br)c2)CCC1. The highest BCUT2D eigenvalue weighted by Gasteiger charge is 2.34. The van der Waals surface area contributed by atoms with E-state index in [1.165, 1.54) is 41.3 Å². The van der Waals surface area contributed by atoms with E-state index in [4.69, 9.17) is 0 Å². The highest BCUT2D eigenvalue weighted by molar-refractivity contribution is 9.10.